The number of benzene rings is 1. The third-order valence-corrected chi connectivity index (χ3v) is 4.15. The zero-order valence-electron chi connectivity index (χ0n) is 10.2. The lowest BCUT2D eigenvalue weighted by Crippen LogP contribution is -1.90. The molecular formula is C14H15BrN2S. The van der Waals surface area contributed by atoms with Crippen molar-refractivity contribution >= 4 is 27.7 Å². The number of aryl methyl sites for hydroxylation is 1. The number of hydrogen-bond acceptors (Lipinski definition) is 2. The second kappa shape index (κ2) is 6.25. The van der Waals surface area contributed by atoms with Gasteiger partial charge in [0.1, 0.15) is 0 Å². The first-order valence-electron chi connectivity index (χ1n) is 5.70. The molecule has 1 aromatic heterocycles. The summed E-state index contributed by atoms with van der Waals surface area (Å²) in [6.07, 6.45) is 0.874. The quantitative estimate of drug-likeness (QED) is 0.831. The van der Waals surface area contributed by atoms with E-state index in [1.807, 2.05) is 6.07 Å². The van der Waals surface area contributed by atoms with E-state index in [4.69, 9.17) is 0 Å². The third kappa shape index (κ3) is 3.75. The molecule has 0 radical (unpaired) electrons. The second-order valence-electron chi connectivity index (χ2n) is 4.08. The SMILES string of the molecule is C=C(Br)CSc1nc(Cc2ccccc2)c(C)[nH]1. The Balaban J connectivity index is 2.07. The third-order valence-electron chi connectivity index (χ3n) is 2.54. The average Bonchev–Trinajstić information content (AvgIpc) is 2.69. The Morgan fingerprint density at radius 2 is 2.11 bits per heavy atom. The minimum atomic E-state index is 0.831. The van der Waals surface area contributed by atoms with Crippen LogP contribution in [0.1, 0.15) is 17.0 Å². The van der Waals surface area contributed by atoms with E-state index >= 15 is 0 Å². The summed E-state index contributed by atoms with van der Waals surface area (Å²) in [6.45, 7) is 5.89. The van der Waals surface area contributed by atoms with Crippen molar-refractivity contribution in [1.29, 1.82) is 0 Å². The Bertz CT molecular complexity index is 534. The highest BCUT2D eigenvalue weighted by Gasteiger charge is 2.07. The first kappa shape index (κ1) is 13.4. The molecule has 1 heterocycles. The highest BCUT2D eigenvalue weighted by molar-refractivity contribution is 9.11. The van der Waals surface area contributed by atoms with E-state index in [0.717, 1.165) is 33.2 Å². The first-order chi connectivity index (χ1) is 8.65. The van der Waals surface area contributed by atoms with Crippen LogP contribution in [0.15, 0.2) is 46.5 Å². The average molecular weight is 323 g/mol. The molecule has 0 unspecified atom stereocenters. The maximum atomic E-state index is 4.62. The number of thioether (sulfide) groups is 1. The van der Waals surface area contributed by atoms with Crippen LogP contribution in [0.3, 0.4) is 0 Å². The molecule has 1 aromatic carbocycles. The summed E-state index contributed by atoms with van der Waals surface area (Å²) in [5, 5.41) is 0.957. The molecule has 0 saturated carbocycles. The molecule has 0 aliphatic heterocycles. The van der Waals surface area contributed by atoms with Crippen molar-refractivity contribution in [1.82, 2.24) is 9.97 Å². The van der Waals surface area contributed by atoms with Gasteiger partial charge in [-0.3, -0.25) is 0 Å². The number of halogens is 1. The number of aromatic nitrogens is 2. The Labute approximate surface area is 120 Å². The van der Waals surface area contributed by atoms with Gasteiger partial charge in [0.05, 0.1) is 5.69 Å². The molecule has 18 heavy (non-hydrogen) atoms. The van der Waals surface area contributed by atoms with Gasteiger partial charge >= 0.3 is 0 Å². The van der Waals surface area contributed by atoms with Crippen molar-refractivity contribution in [2.24, 2.45) is 0 Å². The van der Waals surface area contributed by atoms with Crippen molar-refractivity contribution in [3.05, 3.63) is 58.3 Å². The number of rotatable bonds is 5. The lowest BCUT2D eigenvalue weighted by atomic mass is 10.1. The number of nitrogens with one attached hydrogen (secondary N) is 1. The van der Waals surface area contributed by atoms with Gasteiger partial charge in [0.15, 0.2) is 5.16 Å². The van der Waals surface area contributed by atoms with Crippen molar-refractivity contribution in [3.8, 4) is 0 Å². The minimum absolute atomic E-state index is 0.831. The number of H-pyrrole nitrogens is 1. The van der Waals surface area contributed by atoms with E-state index in [9.17, 15) is 0 Å². The molecule has 2 rings (SSSR count). The molecule has 0 amide bonds. The molecule has 0 bridgehead atoms. The molecule has 2 aromatic rings. The lowest BCUT2D eigenvalue weighted by molar-refractivity contribution is 1.01. The van der Waals surface area contributed by atoms with Crippen LogP contribution in [0, 0.1) is 6.92 Å². The predicted molar refractivity (Wildman–Crippen MR) is 81.4 cm³/mol. The molecule has 0 saturated heterocycles. The molecule has 0 fully saturated rings. The van der Waals surface area contributed by atoms with E-state index in [1.54, 1.807) is 11.8 Å². The predicted octanol–water partition coefficient (Wildman–Crippen LogP) is 4.31. The van der Waals surface area contributed by atoms with Gasteiger partial charge in [0, 0.05) is 17.9 Å². The molecule has 0 atom stereocenters. The maximum Gasteiger partial charge on any atom is 0.166 e. The van der Waals surface area contributed by atoms with Crippen molar-refractivity contribution in [2.75, 3.05) is 5.75 Å². The van der Waals surface area contributed by atoms with Gasteiger partial charge in [0.25, 0.3) is 0 Å². The number of nitrogens with zero attached hydrogens (tertiary/aromatic N) is 1. The smallest absolute Gasteiger partial charge is 0.166 e. The summed E-state index contributed by atoms with van der Waals surface area (Å²) in [5.41, 5.74) is 3.54. The molecule has 2 nitrogen and oxygen atoms in total. The molecule has 94 valence electrons. The van der Waals surface area contributed by atoms with E-state index in [2.05, 4.69) is 63.7 Å². The fourth-order valence-electron chi connectivity index (χ4n) is 1.64. The van der Waals surface area contributed by atoms with Gasteiger partial charge in [-0.1, -0.05) is 64.6 Å². The number of aromatic amines is 1. The van der Waals surface area contributed by atoms with Gasteiger partial charge in [-0.05, 0) is 17.0 Å². The van der Waals surface area contributed by atoms with Crippen LogP contribution in [0.4, 0.5) is 0 Å². The molecular weight excluding hydrogens is 308 g/mol. The van der Waals surface area contributed by atoms with Crippen LogP contribution in [0.25, 0.3) is 0 Å². The van der Waals surface area contributed by atoms with Crippen molar-refractivity contribution in [2.45, 2.75) is 18.5 Å². The fourth-order valence-corrected chi connectivity index (χ4v) is 2.68. The normalized spacial score (nSPS) is 10.6. The first-order valence-corrected chi connectivity index (χ1v) is 7.48. The summed E-state index contributed by atoms with van der Waals surface area (Å²) >= 11 is 5.02. The van der Waals surface area contributed by atoms with Gasteiger partial charge in [-0.15, -0.1) is 0 Å². The standard InChI is InChI=1S/C14H15BrN2S/c1-10(15)9-18-14-16-11(2)13(17-14)8-12-6-4-3-5-7-12/h3-7H,1,8-9H2,2H3,(H,16,17). The van der Waals surface area contributed by atoms with E-state index < -0.39 is 0 Å². The highest BCUT2D eigenvalue weighted by Crippen LogP contribution is 2.21. The van der Waals surface area contributed by atoms with E-state index in [-0.39, 0.29) is 0 Å². The van der Waals surface area contributed by atoms with Crippen LogP contribution in [0.5, 0.6) is 0 Å². The second-order valence-corrected chi connectivity index (χ2v) is 6.17. The van der Waals surface area contributed by atoms with Crippen LogP contribution in [0.2, 0.25) is 0 Å². The molecule has 0 aliphatic rings. The zero-order valence-corrected chi connectivity index (χ0v) is 12.6. The largest absolute Gasteiger partial charge is 0.337 e. The highest BCUT2D eigenvalue weighted by atomic mass is 79.9. The van der Waals surface area contributed by atoms with Crippen LogP contribution >= 0.6 is 27.7 Å². The number of imidazole rings is 1. The Morgan fingerprint density at radius 1 is 1.39 bits per heavy atom. The maximum absolute atomic E-state index is 4.62. The molecule has 1 N–H and O–H groups in total. The van der Waals surface area contributed by atoms with Gasteiger partial charge < -0.3 is 4.98 Å². The zero-order chi connectivity index (χ0) is 13.0. The topological polar surface area (TPSA) is 28.7 Å². The monoisotopic (exact) mass is 322 g/mol. The van der Waals surface area contributed by atoms with Crippen molar-refractivity contribution < 1.29 is 0 Å². The Kier molecular flexibility index (Phi) is 4.66. The minimum Gasteiger partial charge on any atom is -0.337 e. The summed E-state index contributed by atoms with van der Waals surface area (Å²) in [6, 6.07) is 10.4. The number of hydrogen-bond donors (Lipinski definition) is 1. The summed E-state index contributed by atoms with van der Waals surface area (Å²) < 4.78 is 0.978. The lowest BCUT2D eigenvalue weighted by Gasteiger charge is -1.98. The van der Waals surface area contributed by atoms with Crippen LogP contribution in [-0.2, 0) is 6.42 Å². The van der Waals surface area contributed by atoms with E-state index in [1.165, 1.54) is 5.56 Å². The molecule has 0 aliphatic carbocycles. The van der Waals surface area contributed by atoms with Gasteiger partial charge in [-0.2, -0.15) is 0 Å². The van der Waals surface area contributed by atoms with Gasteiger partial charge in [0.2, 0.25) is 0 Å². The summed E-state index contributed by atoms with van der Waals surface area (Å²) in [7, 11) is 0. The summed E-state index contributed by atoms with van der Waals surface area (Å²) in [5.74, 6) is 0.831. The van der Waals surface area contributed by atoms with Crippen LogP contribution < -0.4 is 0 Å². The van der Waals surface area contributed by atoms with Crippen LogP contribution in [-0.4, -0.2) is 15.7 Å². The Morgan fingerprint density at radius 3 is 2.78 bits per heavy atom. The van der Waals surface area contributed by atoms with Crippen molar-refractivity contribution in [3.63, 3.8) is 0 Å². The van der Waals surface area contributed by atoms with E-state index in [0.29, 0.717) is 0 Å². The summed E-state index contributed by atoms with van der Waals surface area (Å²) in [4.78, 5) is 7.93. The Hall–Kier alpha value is -1.00. The fraction of sp³-hybridized carbons (Fsp3) is 0.214. The van der Waals surface area contributed by atoms with Gasteiger partial charge in [-0.25, -0.2) is 4.98 Å². The molecule has 0 spiro atoms. The molecule has 4 heteroatoms.